The van der Waals surface area contributed by atoms with Crippen LogP contribution in [0.1, 0.15) is 56.5 Å². The predicted octanol–water partition coefficient (Wildman–Crippen LogP) is 2.92. The number of aliphatic hydroxyl groups is 4. The second kappa shape index (κ2) is 6.72. The van der Waals surface area contributed by atoms with Gasteiger partial charge < -0.3 is 25.5 Å². The number of hydrogen-bond acceptors (Lipinski definition) is 7. The maximum Gasteiger partial charge on any atom is 0.214 e. The molecule has 6 atom stereocenters. The van der Waals surface area contributed by atoms with Gasteiger partial charge in [-0.15, -0.1) is 6.42 Å². The van der Waals surface area contributed by atoms with Crippen molar-refractivity contribution >= 4 is 11.6 Å². The number of phenolic OH excluding ortho intramolecular Hbond substituents is 1. The number of rotatable bonds is 1. The van der Waals surface area contributed by atoms with Crippen molar-refractivity contribution in [3.8, 4) is 18.1 Å². The van der Waals surface area contributed by atoms with Gasteiger partial charge in [0.1, 0.15) is 22.8 Å². The molecular formula is C26H28O7. The molecule has 0 fully saturated rings. The van der Waals surface area contributed by atoms with E-state index >= 15 is 0 Å². The molecule has 5 N–H and O–H groups in total. The normalized spacial score (nSPS) is 38.1. The van der Waals surface area contributed by atoms with Crippen LogP contribution >= 0.6 is 0 Å². The largest absolute Gasteiger partial charge is 0.511 e. The van der Waals surface area contributed by atoms with E-state index in [0.29, 0.717) is 5.56 Å². The maximum absolute atomic E-state index is 13.6. The number of carbonyl (C=O) groups excluding carboxylic acids is 2. The number of ketones is 2. The second-order valence-corrected chi connectivity index (χ2v) is 10.1. The summed E-state index contributed by atoms with van der Waals surface area (Å²) in [5.74, 6) is -3.50. The van der Waals surface area contributed by atoms with Gasteiger partial charge in [0.2, 0.25) is 5.78 Å². The van der Waals surface area contributed by atoms with Crippen molar-refractivity contribution in [1.29, 1.82) is 0 Å². The van der Waals surface area contributed by atoms with Gasteiger partial charge in [0.25, 0.3) is 0 Å². The van der Waals surface area contributed by atoms with Gasteiger partial charge in [-0.1, -0.05) is 52.7 Å². The summed E-state index contributed by atoms with van der Waals surface area (Å²) in [7, 11) is 0. The first-order valence-electron chi connectivity index (χ1n) is 10.9. The van der Waals surface area contributed by atoms with Crippen molar-refractivity contribution in [3.63, 3.8) is 0 Å². The molecule has 0 amide bonds. The minimum absolute atomic E-state index is 0.0531. The van der Waals surface area contributed by atoms with E-state index in [1.165, 1.54) is 13.0 Å². The summed E-state index contributed by atoms with van der Waals surface area (Å²) < 4.78 is 0. The van der Waals surface area contributed by atoms with Gasteiger partial charge in [0.15, 0.2) is 11.4 Å². The number of phenols is 1. The SMILES string of the molecule is C#CC1=C(O)C(C(C)C)[C@@]2(C)[C@H](O)[C@]3(C)C(=C(O)[C@@]2(O)C1=O)C(=O)c1c(O)cccc1[C@H]3C. The number of aromatic hydroxyl groups is 1. The molecular weight excluding hydrogens is 424 g/mol. The predicted molar refractivity (Wildman–Crippen MR) is 120 cm³/mol. The van der Waals surface area contributed by atoms with Crippen LogP contribution in [0.5, 0.6) is 5.75 Å². The zero-order valence-corrected chi connectivity index (χ0v) is 19.2. The van der Waals surface area contributed by atoms with Gasteiger partial charge in [-0.3, -0.25) is 9.59 Å². The van der Waals surface area contributed by atoms with Crippen LogP contribution in [-0.4, -0.2) is 48.8 Å². The molecule has 0 spiro atoms. The Hall–Kier alpha value is -3.08. The molecule has 3 aliphatic rings. The van der Waals surface area contributed by atoms with Crippen LogP contribution in [0.15, 0.2) is 40.9 Å². The highest BCUT2D eigenvalue weighted by molar-refractivity contribution is 6.17. The third kappa shape index (κ3) is 2.28. The van der Waals surface area contributed by atoms with E-state index in [4.69, 9.17) is 6.42 Å². The minimum Gasteiger partial charge on any atom is -0.511 e. The van der Waals surface area contributed by atoms with Crippen molar-refractivity contribution < 1.29 is 35.1 Å². The Balaban J connectivity index is 2.18. The number of hydrogen-bond donors (Lipinski definition) is 5. The number of aliphatic hydroxyl groups excluding tert-OH is 3. The van der Waals surface area contributed by atoms with E-state index in [2.05, 4.69) is 5.92 Å². The zero-order chi connectivity index (χ0) is 24.8. The van der Waals surface area contributed by atoms with Crippen LogP contribution in [0, 0.1) is 35.0 Å². The smallest absolute Gasteiger partial charge is 0.214 e. The van der Waals surface area contributed by atoms with E-state index < -0.39 is 68.9 Å². The van der Waals surface area contributed by atoms with Gasteiger partial charge in [-0.25, -0.2) is 0 Å². The fraction of sp³-hybridized carbons (Fsp3) is 0.462. The van der Waals surface area contributed by atoms with Crippen LogP contribution in [0.2, 0.25) is 0 Å². The summed E-state index contributed by atoms with van der Waals surface area (Å²) in [6.07, 6.45) is 3.92. The van der Waals surface area contributed by atoms with Gasteiger partial charge in [-0.05, 0) is 23.5 Å². The van der Waals surface area contributed by atoms with Crippen LogP contribution < -0.4 is 0 Å². The Labute approximate surface area is 192 Å². The molecule has 0 aliphatic heterocycles. The standard InChI is InChI=1S/C26H28O7/c1-7-13-19(28)17(11(2)3)25(6)23(32)24(5)12(4)14-9-8-10-15(27)16(14)20(29)18(24)22(31)26(25,33)21(13)30/h1,8-12,17,23,27-28,31-33H,2-6H3/t12-,17?,23-,24+,25+,26+/m1/s1. The average molecular weight is 453 g/mol. The highest BCUT2D eigenvalue weighted by Crippen LogP contribution is 2.67. The summed E-state index contributed by atoms with van der Waals surface area (Å²) in [6, 6.07) is 4.57. The van der Waals surface area contributed by atoms with E-state index in [1.807, 2.05) is 0 Å². The Morgan fingerprint density at radius 3 is 2.27 bits per heavy atom. The highest BCUT2D eigenvalue weighted by atomic mass is 16.4. The first-order valence-corrected chi connectivity index (χ1v) is 10.9. The maximum atomic E-state index is 13.6. The second-order valence-electron chi connectivity index (χ2n) is 10.1. The van der Waals surface area contributed by atoms with E-state index in [0.717, 1.165) is 0 Å². The molecule has 0 bridgehead atoms. The lowest BCUT2D eigenvalue weighted by atomic mass is 9.42. The van der Waals surface area contributed by atoms with E-state index in [1.54, 1.807) is 39.8 Å². The number of carbonyl (C=O) groups is 2. The Morgan fingerprint density at radius 1 is 1.12 bits per heavy atom. The summed E-state index contributed by atoms with van der Waals surface area (Å²) in [4.78, 5) is 27.1. The lowest BCUT2D eigenvalue weighted by Gasteiger charge is -2.63. The van der Waals surface area contributed by atoms with Crippen molar-refractivity contribution in [1.82, 2.24) is 0 Å². The van der Waals surface area contributed by atoms with Gasteiger partial charge in [-0.2, -0.15) is 0 Å². The molecule has 1 aromatic carbocycles. The molecule has 7 nitrogen and oxygen atoms in total. The molecule has 4 rings (SSSR count). The van der Waals surface area contributed by atoms with E-state index in [9.17, 15) is 35.1 Å². The molecule has 0 radical (unpaired) electrons. The fourth-order valence-corrected chi connectivity index (χ4v) is 6.70. The van der Waals surface area contributed by atoms with Crippen molar-refractivity contribution in [2.24, 2.45) is 22.7 Å². The highest BCUT2D eigenvalue weighted by Gasteiger charge is 2.75. The summed E-state index contributed by atoms with van der Waals surface area (Å²) >= 11 is 0. The van der Waals surface area contributed by atoms with Gasteiger partial charge in [0.05, 0.1) is 17.2 Å². The fourth-order valence-electron chi connectivity index (χ4n) is 6.70. The third-order valence-electron chi connectivity index (χ3n) is 8.49. The van der Waals surface area contributed by atoms with Crippen LogP contribution in [0.25, 0.3) is 0 Å². The lowest BCUT2D eigenvalue weighted by molar-refractivity contribution is -0.211. The topological polar surface area (TPSA) is 135 Å². The van der Waals surface area contributed by atoms with Crippen molar-refractivity contribution in [3.05, 3.63) is 52.0 Å². The van der Waals surface area contributed by atoms with Gasteiger partial charge in [0, 0.05) is 16.7 Å². The lowest BCUT2D eigenvalue weighted by Crippen LogP contribution is -2.73. The number of benzene rings is 1. The number of terminal acetylenes is 1. The number of Topliss-reactive ketones (excluding diaryl/α,β-unsaturated/α-hetero) is 2. The molecule has 0 saturated carbocycles. The molecule has 0 aromatic heterocycles. The zero-order valence-electron chi connectivity index (χ0n) is 19.2. The Bertz CT molecular complexity index is 1220. The minimum atomic E-state index is -2.76. The van der Waals surface area contributed by atoms with Crippen LogP contribution in [0.3, 0.4) is 0 Å². The van der Waals surface area contributed by atoms with Gasteiger partial charge >= 0.3 is 0 Å². The van der Waals surface area contributed by atoms with E-state index in [-0.39, 0.29) is 16.9 Å². The summed E-state index contributed by atoms with van der Waals surface area (Å²) in [5.41, 5.74) is -6.47. The molecule has 1 unspecified atom stereocenters. The quantitative estimate of drug-likeness (QED) is 0.414. The summed E-state index contributed by atoms with van der Waals surface area (Å²) in [6.45, 7) is 8.24. The average Bonchev–Trinajstić information content (AvgIpc) is 2.74. The van der Waals surface area contributed by atoms with Crippen LogP contribution in [-0.2, 0) is 4.79 Å². The van der Waals surface area contributed by atoms with Crippen molar-refractivity contribution in [2.75, 3.05) is 0 Å². The summed E-state index contributed by atoms with van der Waals surface area (Å²) in [5, 5.41) is 56.7. The van der Waals surface area contributed by atoms with Crippen molar-refractivity contribution in [2.45, 2.75) is 52.2 Å². The molecule has 0 heterocycles. The number of allylic oxidation sites excluding steroid dienone is 1. The Morgan fingerprint density at radius 2 is 1.73 bits per heavy atom. The molecule has 3 aliphatic carbocycles. The molecule has 174 valence electrons. The third-order valence-corrected chi connectivity index (χ3v) is 8.49. The number of fused-ring (bicyclic) bond motifs is 3. The van der Waals surface area contributed by atoms with Crippen LogP contribution in [0.4, 0.5) is 0 Å². The monoisotopic (exact) mass is 452 g/mol. The Kier molecular flexibility index (Phi) is 4.70. The molecule has 1 aromatic rings. The molecule has 33 heavy (non-hydrogen) atoms. The molecule has 7 heteroatoms. The first kappa shape index (κ1) is 23.1. The first-order chi connectivity index (χ1) is 15.2. The molecule has 0 saturated heterocycles.